The second kappa shape index (κ2) is 7.21. The number of hydrogen-bond donors (Lipinski definition) is 1. The minimum Gasteiger partial charge on any atom is -0.497 e. The molecule has 1 aliphatic rings. The van der Waals surface area contributed by atoms with Gasteiger partial charge in [-0.05, 0) is 37.3 Å². The molecular weight excluding hydrogens is 320 g/mol. The van der Waals surface area contributed by atoms with E-state index in [9.17, 15) is 9.59 Å². The van der Waals surface area contributed by atoms with E-state index in [4.69, 9.17) is 4.74 Å². The second-order valence-corrected chi connectivity index (χ2v) is 5.61. The molecule has 130 valence electrons. The van der Waals surface area contributed by atoms with Crippen molar-refractivity contribution >= 4 is 23.4 Å². The monoisotopic (exact) mass is 340 g/mol. The van der Waals surface area contributed by atoms with Crippen LogP contribution < -0.4 is 15.0 Å². The first-order valence-corrected chi connectivity index (χ1v) is 8.10. The number of amides is 3. The Morgan fingerprint density at radius 2 is 2.12 bits per heavy atom. The highest BCUT2D eigenvalue weighted by molar-refractivity contribution is 6.04. The Hall–Kier alpha value is -3.09. The van der Waals surface area contributed by atoms with Gasteiger partial charge >= 0.3 is 6.03 Å². The van der Waals surface area contributed by atoms with E-state index >= 15 is 0 Å². The normalized spacial score (nSPS) is 13.9. The van der Waals surface area contributed by atoms with E-state index in [0.29, 0.717) is 42.5 Å². The Bertz CT molecular complexity index is 776. The fourth-order valence-corrected chi connectivity index (χ4v) is 2.68. The van der Waals surface area contributed by atoms with E-state index in [2.05, 4.69) is 10.3 Å². The van der Waals surface area contributed by atoms with Gasteiger partial charge in [0, 0.05) is 25.2 Å². The van der Waals surface area contributed by atoms with Crippen LogP contribution in [0.25, 0.3) is 0 Å². The van der Waals surface area contributed by atoms with Crippen LogP contribution in [0.15, 0.2) is 42.6 Å². The van der Waals surface area contributed by atoms with Crippen molar-refractivity contribution in [3.8, 4) is 5.75 Å². The maximum atomic E-state index is 12.3. The maximum absolute atomic E-state index is 12.3. The lowest BCUT2D eigenvalue weighted by molar-refractivity contribution is 0.102. The van der Waals surface area contributed by atoms with Crippen LogP contribution in [0.5, 0.6) is 5.75 Å². The Morgan fingerprint density at radius 1 is 1.28 bits per heavy atom. The molecule has 1 fully saturated rings. The van der Waals surface area contributed by atoms with Crippen LogP contribution in [0.3, 0.4) is 0 Å². The number of carbonyl (C=O) groups excluding carboxylic acids is 2. The largest absolute Gasteiger partial charge is 0.497 e. The Kier molecular flexibility index (Phi) is 4.83. The van der Waals surface area contributed by atoms with Gasteiger partial charge in [0.2, 0.25) is 0 Å². The van der Waals surface area contributed by atoms with Crippen molar-refractivity contribution in [3.63, 3.8) is 0 Å². The first kappa shape index (κ1) is 16.8. The van der Waals surface area contributed by atoms with Crippen molar-refractivity contribution in [2.24, 2.45) is 0 Å². The molecule has 1 aliphatic heterocycles. The zero-order valence-electron chi connectivity index (χ0n) is 14.2. The average molecular weight is 340 g/mol. The molecule has 0 spiro atoms. The molecule has 0 atom stereocenters. The summed E-state index contributed by atoms with van der Waals surface area (Å²) in [5.74, 6) is 0.956. The number of pyridine rings is 1. The number of ether oxygens (including phenoxy) is 1. The number of anilines is 2. The lowest BCUT2D eigenvalue weighted by Crippen LogP contribution is -2.32. The van der Waals surface area contributed by atoms with E-state index in [1.807, 2.05) is 6.92 Å². The smallest absolute Gasteiger partial charge is 0.325 e. The molecule has 1 aromatic heterocycles. The summed E-state index contributed by atoms with van der Waals surface area (Å²) >= 11 is 0. The standard InChI is InChI=1S/C18H20N4O3/c1-3-21-9-10-22(18(21)24)16-8-7-14(12-19-16)20-17(23)13-5-4-6-15(11-13)25-2/h4-8,11-12H,3,9-10H2,1-2H3,(H,20,23). The summed E-state index contributed by atoms with van der Waals surface area (Å²) in [6.45, 7) is 3.95. The predicted molar refractivity (Wildman–Crippen MR) is 95.2 cm³/mol. The van der Waals surface area contributed by atoms with Crippen molar-refractivity contribution in [3.05, 3.63) is 48.2 Å². The van der Waals surface area contributed by atoms with E-state index < -0.39 is 0 Å². The highest BCUT2D eigenvalue weighted by Gasteiger charge is 2.28. The molecular formula is C18H20N4O3. The number of carbonyl (C=O) groups is 2. The number of aromatic nitrogens is 1. The van der Waals surface area contributed by atoms with Gasteiger partial charge in [0.15, 0.2) is 0 Å². The summed E-state index contributed by atoms with van der Waals surface area (Å²) in [5.41, 5.74) is 1.06. The number of rotatable bonds is 5. The third-order valence-electron chi connectivity index (χ3n) is 4.09. The zero-order valence-corrected chi connectivity index (χ0v) is 14.2. The highest BCUT2D eigenvalue weighted by atomic mass is 16.5. The first-order chi connectivity index (χ1) is 12.1. The molecule has 7 heteroatoms. The number of hydrogen-bond acceptors (Lipinski definition) is 4. The molecule has 0 saturated carbocycles. The number of likely N-dealkylation sites (N-methyl/N-ethyl adjacent to an activating group) is 1. The van der Waals surface area contributed by atoms with Crippen LogP contribution in [0.4, 0.5) is 16.3 Å². The van der Waals surface area contributed by atoms with Gasteiger partial charge in [-0.3, -0.25) is 9.69 Å². The van der Waals surface area contributed by atoms with Crippen LogP contribution in [0.1, 0.15) is 17.3 Å². The third kappa shape index (κ3) is 3.55. The second-order valence-electron chi connectivity index (χ2n) is 5.61. The molecule has 1 aromatic carbocycles. The van der Waals surface area contributed by atoms with Crippen LogP contribution in [-0.4, -0.2) is 48.6 Å². The van der Waals surface area contributed by atoms with E-state index in [1.54, 1.807) is 59.5 Å². The van der Waals surface area contributed by atoms with E-state index in [0.717, 1.165) is 0 Å². The number of nitrogens with zero attached hydrogens (tertiary/aromatic N) is 3. The summed E-state index contributed by atoms with van der Waals surface area (Å²) in [7, 11) is 1.55. The Balaban J connectivity index is 1.68. The van der Waals surface area contributed by atoms with Crippen LogP contribution in [0.2, 0.25) is 0 Å². The molecule has 7 nitrogen and oxygen atoms in total. The molecule has 2 heterocycles. The minimum absolute atomic E-state index is 0.0387. The van der Waals surface area contributed by atoms with Gasteiger partial charge in [0.05, 0.1) is 19.0 Å². The zero-order chi connectivity index (χ0) is 17.8. The summed E-state index contributed by atoms with van der Waals surface area (Å²) in [6, 6.07) is 10.3. The maximum Gasteiger partial charge on any atom is 0.325 e. The molecule has 2 aromatic rings. The van der Waals surface area contributed by atoms with E-state index in [-0.39, 0.29) is 11.9 Å². The number of nitrogens with one attached hydrogen (secondary N) is 1. The van der Waals surface area contributed by atoms with Gasteiger partial charge in [-0.15, -0.1) is 0 Å². The number of benzene rings is 1. The number of urea groups is 1. The molecule has 3 amide bonds. The Labute approximate surface area is 146 Å². The number of methoxy groups -OCH3 is 1. The highest BCUT2D eigenvalue weighted by Crippen LogP contribution is 2.20. The molecule has 0 unspecified atom stereocenters. The van der Waals surface area contributed by atoms with Crippen molar-refractivity contribution < 1.29 is 14.3 Å². The minimum atomic E-state index is -0.247. The summed E-state index contributed by atoms with van der Waals surface area (Å²) in [5, 5.41) is 2.79. The van der Waals surface area contributed by atoms with Gasteiger partial charge in [-0.25, -0.2) is 9.78 Å². The molecule has 25 heavy (non-hydrogen) atoms. The summed E-state index contributed by atoms with van der Waals surface area (Å²) in [6.07, 6.45) is 1.55. The molecule has 0 aliphatic carbocycles. The van der Waals surface area contributed by atoms with Gasteiger partial charge in [0.25, 0.3) is 5.91 Å². The fraction of sp³-hybridized carbons (Fsp3) is 0.278. The van der Waals surface area contributed by atoms with Crippen LogP contribution >= 0.6 is 0 Å². The SMILES string of the molecule is CCN1CCN(c2ccc(NC(=O)c3cccc(OC)c3)cn2)C1=O. The summed E-state index contributed by atoms with van der Waals surface area (Å²) < 4.78 is 5.12. The van der Waals surface area contributed by atoms with Crippen LogP contribution in [-0.2, 0) is 0 Å². The van der Waals surface area contributed by atoms with Crippen molar-refractivity contribution in [1.29, 1.82) is 0 Å². The molecule has 1 N–H and O–H groups in total. The topological polar surface area (TPSA) is 74.8 Å². The molecule has 3 rings (SSSR count). The van der Waals surface area contributed by atoms with Gasteiger partial charge in [-0.1, -0.05) is 6.07 Å². The van der Waals surface area contributed by atoms with Crippen molar-refractivity contribution in [2.45, 2.75) is 6.92 Å². The van der Waals surface area contributed by atoms with Gasteiger partial charge in [-0.2, -0.15) is 0 Å². The average Bonchev–Trinajstić information content (AvgIpc) is 3.03. The first-order valence-electron chi connectivity index (χ1n) is 8.10. The van der Waals surface area contributed by atoms with E-state index in [1.165, 1.54) is 0 Å². The van der Waals surface area contributed by atoms with Gasteiger partial charge < -0.3 is 15.0 Å². The lowest BCUT2D eigenvalue weighted by atomic mass is 10.2. The van der Waals surface area contributed by atoms with Crippen molar-refractivity contribution in [1.82, 2.24) is 9.88 Å². The molecule has 0 bridgehead atoms. The van der Waals surface area contributed by atoms with Gasteiger partial charge in [0.1, 0.15) is 11.6 Å². The van der Waals surface area contributed by atoms with Crippen LogP contribution in [0, 0.1) is 0 Å². The Morgan fingerprint density at radius 3 is 2.76 bits per heavy atom. The predicted octanol–water partition coefficient (Wildman–Crippen LogP) is 2.60. The summed E-state index contributed by atoms with van der Waals surface area (Å²) in [4.78, 5) is 32.2. The quantitative estimate of drug-likeness (QED) is 0.908. The third-order valence-corrected chi connectivity index (χ3v) is 4.09. The fourth-order valence-electron chi connectivity index (χ4n) is 2.68. The molecule has 0 radical (unpaired) electrons. The molecule has 1 saturated heterocycles. The lowest BCUT2D eigenvalue weighted by Gasteiger charge is -2.16. The van der Waals surface area contributed by atoms with Crippen molar-refractivity contribution in [2.75, 3.05) is 37.0 Å².